The van der Waals surface area contributed by atoms with E-state index in [9.17, 15) is 4.79 Å². The van der Waals surface area contributed by atoms with E-state index in [2.05, 4.69) is 41.8 Å². The first-order valence-electron chi connectivity index (χ1n) is 8.61. The van der Waals surface area contributed by atoms with Crippen LogP contribution >= 0.6 is 22.9 Å². The first-order valence-corrected chi connectivity index (χ1v) is 10.3. The number of hydrogen-bond acceptors (Lipinski definition) is 8. The van der Waals surface area contributed by atoms with E-state index in [1.165, 1.54) is 11.5 Å². The average molecular weight is 381 g/mol. The standard InChI is InChI=1S/C16H24N6OS2/c1-3-13-19-16(25-20-13)22-6-4-5-21(7-8-22)10-12-11-24-15(18-12)9-14(23)17-2/h11H,3-10H2,1-2H3,(H,17,23). The number of anilines is 1. The zero-order chi connectivity index (χ0) is 17.6. The van der Waals surface area contributed by atoms with Gasteiger partial charge in [0.2, 0.25) is 11.0 Å². The van der Waals surface area contributed by atoms with Crippen LogP contribution in [0.15, 0.2) is 5.38 Å². The van der Waals surface area contributed by atoms with E-state index in [0.717, 1.165) is 67.2 Å². The van der Waals surface area contributed by atoms with Gasteiger partial charge in [0.25, 0.3) is 0 Å². The quantitative estimate of drug-likeness (QED) is 0.820. The largest absolute Gasteiger partial charge is 0.359 e. The van der Waals surface area contributed by atoms with E-state index in [1.54, 1.807) is 18.4 Å². The van der Waals surface area contributed by atoms with Gasteiger partial charge in [-0.3, -0.25) is 9.69 Å². The van der Waals surface area contributed by atoms with Crippen molar-refractivity contribution in [1.29, 1.82) is 0 Å². The Bertz CT molecular complexity index is 700. The molecule has 0 atom stereocenters. The molecule has 0 spiro atoms. The van der Waals surface area contributed by atoms with Crippen LogP contribution in [0, 0.1) is 0 Å². The molecule has 0 bridgehead atoms. The van der Waals surface area contributed by atoms with E-state index >= 15 is 0 Å². The summed E-state index contributed by atoms with van der Waals surface area (Å²) in [6.45, 7) is 6.96. The molecule has 2 aromatic rings. The highest BCUT2D eigenvalue weighted by molar-refractivity contribution is 7.10. The van der Waals surface area contributed by atoms with Crippen LogP contribution in [0.1, 0.15) is 29.9 Å². The Morgan fingerprint density at radius 1 is 1.28 bits per heavy atom. The van der Waals surface area contributed by atoms with Gasteiger partial charge in [-0.2, -0.15) is 4.37 Å². The number of aryl methyl sites for hydroxylation is 1. The summed E-state index contributed by atoms with van der Waals surface area (Å²) in [5, 5.41) is 6.63. The minimum atomic E-state index is 0.00909. The highest BCUT2D eigenvalue weighted by atomic mass is 32.1. The molecule has 0 radical (unpaired) electrons. The molecule has 0 aliphatic carbocycles. The third kappa shape index (κ3) is 4.96. The highest BCUT2D eigenvalue weighted by Crippen LogP contribution is 2.20. The normalized spacial score (nSPS) is 16.0. The summed E-state index contributed by atoms with van der Waals surface area (Å²) in [7, 11) is 1.65. The molecule has 3 heterocycles. The molecule has 3 rings (SSSR count). The molecule has 1 saturated heterocycles. The zero-order valence-corrected chi connectivity index (χ0v) is 16.3. The van der Waals surface area contributed by atoms with Gasteiger partial charge in [0.1, 0.15) is 10.8 Å². The minimum absolute atomic E-state index is 0.00909. The Kier molecular flexibility index (Phi) is 6.33. The van der Waals surface area contributed by atoms with Gasteiger partial charge < -0.3 is 10.2 Å². The SMILES string of the molecule is CCc1nsc(N2CCCN(Cc3csc(CC(=O)NC)n3)CC2)n1. The Morgan fingerprint density at radius 2 is 2.16 bits per heavy atom. The summed E-state index contributed by atoms with van der Waals surface area (Å²) in [4.78, 5) is 25.4. The van der Waals surface area contributed by atoms with Crippen LogP contribution in [0.5, 0.6) is 0 Å². The molecular formula is C16H24N6OS2. The Hall–Kier alpha value is -1.58. The van der Waals surface area contributed by atoms with Crippen LogP contribution in [0.3, 0.4) is 0 Å². The first-order chi connectivity index (χ1) is 12.2. The fraction of sp³-hybridized carbons (Fsp3) is 0.625. The highest BCUT2D eigenvalue weighted by Gasteiger charge is 2.19. The molecule has 9 heteroatoms. The van der Waals surface area contributed by atoms with Crippen molar-refractivity contribution >= 4 is 33.9 Å². The van der Waals surface area contributed by atoms with Gasteiger partial charge >= 0.3 is 0 Å². The third-order valence-corrected chi connectivity index (χ3v) is 5.92. The number of likely N-dealkylation sites (N-methyl/N-ethyl adjacent to an activating group) is 1. The molecule has 0 saturated carbocycles. The lowest BCUT2D eigenvalue weighted by molar-refractivity contribution is -0.119. The van der Waals surface area contributed by atoms with Crippen molar-refractivity contribution in [3.63, 3.8) is 0 Å². The molecule has 136 valence electrons. The summed E-state index contributed by atoms with van der Waals surface area (Å²) in [5.74, 6) is 0.946. The number of hydrogen-bond donors (Lipinski definition) is 1. The van der Waals surface area contributed by atoms with Crippen LogP contribution < -0.4 is 10.2 Å². The van der Waals surface area contributed by atoms with E-state index in [-0.39, 0.29) is 5.91 Å². The summed E-state index contributed by atoms with van der Waals surface area (Å²) < 4.78 is 4.39. The molecule has 1 amide bonds. The molecule has 0 unspecified atom stereocenters. The lowest BCUT2D eigenvalue weighted by Crippen LogP contribution is -2.30. The predicted octanol–water partition coefficient (Wildman–Crippen LogP) is 1.56. The second kappa shape index (κ2) is 8.68. The van der Waals surface area contributed by atoms with Crippen LogP contribution in [-0.4, -0.2) is 58.4 Å². The van der Waals surface area contributed by atoms with Gasteiger partial charge in [-0.1, -0.05) is 6.92 Å². The maximum absolute atomic E-state index is 11.4. The number of nitrogens with one attached hydrogen (secondary N) is 1. The van der Waals surface area contributed by atoms with E-state index in [0.29, 0.717) is 6.42 Å². The van der Waals surface area contributed by atoms with Crippen molar-refractivity contribution in [2.75, 3.05) is 38.1 Å². The fourth-order valence-electron chi connectivity index (χ4n) is 2.79. The maximum atomic E-state index is 11.4. The smallest absolute Gasteiger partial charge is 0.226 e. The van der Waals surface area contributed by atoms with Gasteiger partial charge in [-0.05, 0) is 6.42 Å². The Labute approximate surface area is 156 Å². The minimum Gasteiger partial charge on any atom is -0.359 e. The van der Waals surface area contributed by atoms with Crippen molar-refractivity contribution in [3.05, 3.63) is 21.9 Å². The summed E-state index contributed by atoms with van der Waals surface area (Å²) in [5.41, 5.74) is 1.06. The zero-order valence-electron chi connectivity index (χ0n) is 14.7. The van der Waals surface area contributed by atoms with Crippen LogP contribution in [0.4, 0.5) is 5.13 Å². The summed E-state index contributed by atoms with van der Waals surface area (Å²) in [6.07, 6.45) is 2.36. The van der Waals surface area contributed by atoms with E-state index < -0.39 is 0 Å². The number of thiazole rings is 1. The molecule has 25 heavy (non-hydrogen) atoms. The maximum Gasteiger partial charge on any atom is 0.226 e. The molecule has 0 aromatic carbocycles. The molecule has 1 aliphatic heterocycles. The van der Waals surface area contributed by atoms with Crippen LogP contribution in [0.2, 0.25) is 0 Å². The van der Waals surface area contributed by atoms with Gasteiger partial charge in [0, 0.05) is 63.1 Å². The monoisotopic (exact) mass is 380 g/mol. The molecular weight excluding hydrogens is 356 g/mol. The summed E-state index contributed by atoms with van der Waals surface area (Å²) in [6, 6.07) is 0. The Morgan fingerprint density at radius 3 is 2.92 bits per heavy atom. The first kappa shape index (κ1) is 18.2. The third-order valence-electron chi connectivity index (χ3n) is 4.21. The van der Waals surface area contributed by atoms with Gasteiger partial charge in [-0.15, -0.1) is 11.3 Å². The predicted molar refractivity (Wildman–Crippen MR) is 101 cm³/mol. The number of amides is 1. The van der Waals surface area contributed by atoms with E-state index in [4.69, 9.17) is 0 Å². The fourth-order valence-corrected chi connectivity index (χ4v) is 4.38. The van der Waals surface area contributed by atoms with Gasteiger partial charge in [0.15, 0.2) is 0 Å². The van der Waals surface area contributed by atoms with Crippen molar-refractivity contribution in [3.8, 4) is 0 Å². The van der Waals surface area contributed by atoms with Gasteiger partial charge in [-0.25, -0.2) is 9.97 Å². The second-order valence-corrected chi connectivity index (χ2v) is 7.72. The topological polar surface area (TPSA) is 74.2 Å². The van der Waals surface area contributed by atoms with E-state index in [1.807, 2.05) is 0 Å². The Balaban J connectivity index is 1.53. The number of rotatable bonds is 6. The average Bonchev–Trinajstić information content (AvgIpc) is 3.20. The molecule has 1 fully saturated rings. The second-order valence-electron chi connectivity index (χ2n) is 6.05. The molecule has 1 N–H and O–H groups in total. The lowest BCUT2D eigenvalue weighted by Gasteiger charge is -2.20. The van der Waals surface area contributed by atoms with Crippen molar-refractivity contribution in [2.24, 2.45) is 0 Å². The molecule has 7 nitrogen and oxygen atoms in total. The van der Waals surface area contributed by atoms with Crippen molar-refractivity contribution in [2.45, 2.75) is 32.7 Å². The van der Waals surface area contributed by atoms with Crippen LogP contribution in [-0.2, 0) is 24.2 Å². The molecule has 1 aliphatic rings. The lowest BCUT2D eigenvalue weighted by atomic mass is 10.3. The number of carbonyl (C=O) groups is 1. The number of carbonyl (C=O) groups excluding carboxylic acids is 1. The van der Waals surface area contributed by atoms with Crippen molar-refractivity contribution in [1.82, 2.24) is 24.6 Å². The number of aromatic nitrogens is 3. The van der Waals surface area contributed by atoms with Crippen LogP contribution in [0.25, 0.3) is 0 Å². The molecule has 2 aromatic heterocycles. The van der Waals surface area contributed by atoms with Crippen molar-refractivity contribution < 1.29 is 4.79 Å². The van der Waals surface area contributed by atoms with Gasteiger partial charge in [0.05, 0.1) is 12.1 Å². The summed E-state index contributed by atoms with van der Waals surface area (Å²) >= 11 is 3.07. The number of nitrogens with zero attached hydrogens (tertiary/aromatic N) is 5.